The second-order valence-electron chi connectivity index (χ2n) is 8.63. The Morgan fingerprint density at radius 2 is 1.81 bits per heavy atom. The van der Waals surface area contributed by atoms with Gasteiger partial charge >= 0.3 is 6.09 Å². The molecule has 1 N–H and O–H groups in total. The van der Waals surface area contributed by atoms with E-state index >= 15 is 0 Å². The number of piperidine rings is 1. The minimum absolute atomic E-state index is 0.109. The molecule has 1 saturated carbocycles. The Balaban J connectivity index is 1.55. The van der Waals surface area contributed by atoms with E-state index in [1.165, 1.54) is 12.8 Å². The Hall–Kier alpha value is -0.770. The number of fused-ring (bicyclic) bond motifs is 2. The van der Waals surface area contributed by atoms with Crippen molar-refractivity contribution in [1.82, 2.24) is 10.2 Å². The zero-order valence-corrected chi connectivity index (χ0v) is 13.9. The zero-order valence-electron chi connectivity index (χ0n) is 13.9. The van der Waals surface area contributed by atoms with Gasteiger partial charge in [-0.3, -0.25) is 0 Å². The molecule has 1 amide bonds. The van der Waals surface area contributed by atoms with Gasteiger partial charge in [0.2, 0.25) is 0 Å². The van der Waals surface area contributed by atoms with Crippen molar-refractivity contribution in [3.8, 4) is 0 Å². The molecule has 2 atom stereocenters. The van der Waals surface area contributed by atoms with Crippen LogP contribution < -0.4 is 5.32 Å². The number of rotatable bonds is 3. The fourth-order valence-electron chi connectivity index (χ4n) is 3.74. The van der Waals surface area contributed by atoms with Crippen molar-refractivity contribution < 1.29 is 9.53 Å². The standard InChI is InChI=1S/C17H30N2O2/c1-16(2,3)21-15(20)19-13-5-6-14(19)10-12(9-13)18-11-17(4)7-8-17/h12-14,18H,5-11H2,1-4H3. The maximum Gasteiger partial charge on any atom is 0.410 e. The fourth-order valence-corrected chi connectivity index (χ4v) is 3.74. The minimum atomic E-state index is -0.397. The van der Waals surface area contributed by atoms with Gasteiger partial charge in [0, 0.05) is 24.7 Å². The van der Waals surface area contributed by atoms with Crippen molar-refractivity contribution in [3.63, 3.8) is 0 Å². The molecule has 3 fully saturated rings. The smallest absolute Gasteiger partial charge is 0.410 e. The summed E-state index contributed by atoms with van der Waals surface area (Å²) >= 11 is 0. The quantitative estimate of drug-likeness (QED) is 0.868. The SMILES string of the molecule is CC1(CNC2CC3CCC(C2)N3C(=O)OC(C)(C)C)CC1. The molecule has 2 saturated heterocycles. The first-order valence-corrected chi connectivity index (χ1v) is 8.50. The molecule has 0 spiro atoms. The van der Waals surface area contributed by atoms with E-state index < -0.39 is 5.60 Å². The summed E-state index contributed by atoms with van der Waals surface area (Å²) in [5.41, 5.74) is 0.160. The van der Waals surface area contributed by atoms with Gasteiger partial charge in [-0.2, -0.15) is 0 Å². The van der Waals surface area contributed by atoms with Gasteiger partial charge in [0.15, 0.2) is 0 Å². The molecule has 3 rings (SSSR count). The van der Waals surface area contributed by atoms with Crippen LogP contribution in [0.5, 0.6) is 0 Å². The molecule has 120 valence electrons. The van der Waals surface area contributed by atoms with Crippen LogP contribution in [0.4, 0.5) is 4.79 Å². The molecule has 0 aromatic carbocycles. The average Bonchev–Trinajstić information content (AvgIpc) is 3.03. The second-order valence-corrected chi connectivity index (χ2v) is 8.63. The van der Waals surface area contributed by atoms with Gasteiger partial charge < -0.3 is 15.0 Å². The van der Waals surface area contributed by atoms with Gasteiger partial charge in [-0.05, 0) is 64.7 Å². The maximum atomic E-state index is 12.4. The third kappa shape index (κ3) is 3.53. The maximum absolute atomic E-state index is 12.4. The molecule has 3 aliphatic rings. The summed E-state index contributed by atoms with van der Waals surface area (Å²) in [4.78, 5) is 14.4. The second kappa shape index (κ2) is 5.15. The van der Waals surface area contributed by atoms with Crippen molar-refractivity contribution in [2.45, 2.75) is 89.9 Å². The van der Waals surface area contributed by atoms with Crippen LogP contribution in [0.2, 0.25) is 0 Å². The Bertz CT molecular complexity index is 398. The van der Waals surface area contributed by atoms with Crippen LogP contribution in [0.1, 0.15) is 66.2 Å². The van der Waals surface area contributed by atoms with E-state index in [-0.39, 0.29) is 6.09 Å². The number of carbonyl (C=O) groups excluding carboxylic acids is 1. The third-order valence-electron chi connectivity index (χ3n) is 5.26. The number of nitrogens with one attached hydrogen (secondary N) is 1. The van der Waals surface area contributed by atoms with Crippen LogP contribution in [-0.4, -0.2) is 41.3 Å². The molecule has 1 aliphatic carbocycles. The summed E-state index contributed by atoms with van der Waals surface area (Å²) in [5, 5.41) is 3.75. The van der Waals surface area contributed by atoms with Crippen molar-refractivity contribution in [2.24, 2.45) is 5.41 Å². The lowest BCUT2D eigenvalue weighted by Gasteiger charge is -2.40. The van der Waals surface area contributed by atoms with Crippen LogP contribution in [0, 0.1) is 5.41 Å². The molecule has 21 heavy (non-hydrogen) atoms. The number of ether oxygens (including phenoxy) is 1. The molecule has 2 bridgehead atoms. The van der Waals surface area contributed by atoms with E-state index in [4.69, 9.17) is 4.74 Å². The predicted molar refractivity (Wildman–Crippen MR) is 83.2 cm³/mol. The Morgan fingerprint density at radius 3 is 2.29 bits per heavy atom. The normalized spacial score (nSPS) is 33.9. The highest BCUT2D eigenvalue weighted by Crippen LogP contribution is 2.44. The number of nitrogens with zero attached hydrogens (tertiary/aromatic N) is 1. The lowest BCUT2D eigenvalue weighted by molar-refractivity contribution is 0.00456. The number of hydrogen-bond acceptors (Lipinski definition) is 3. The summed E-state index contributed by atoms with van der Waals surface area (Å²) < 4.78 is 5.58. The number of hydrogen-bond donors (Lipinski definition) is 1. The van der Waals surface area contributed by atoms with E-state index in [0.717, 1.165) is 32.2 Å². The molecule has 2 heterocycles. The van der Waals surface area contributed by atoms with Crippen molar-refractivity contribution in [1.29, 1.82) is 0 Å². The lowest BCUT2D eigenvalue weighted by Crippen LogP contribution is -2.53. The zero-order chi connectivity index (χ0) is 15.3. The van der Waals surface area contributed by atoms with Gasteiger partial charge in [-0.25, -0.2) is 4.79 Å². The van der Waals surface area contributed by atoms with Crippen molar-refractivity contribution in [3.05, 3.63) is 0 Å². The van der Waals surface area contributed by atoms with E-state index in [0.29, 0.717) is 23.5 Å². The van der Waals surface area contributed by atoms with E-state index in [1.54, 1.807) is 0 Å². The topological polar surface area (TPSA) is 41.6 Å². The number of amides is 1. The fraction of sp³-hybridized carbons (Fsp3) is 0.941. The van der Waals surface area contributed by atoms with Gasteiger partial charge in [-0.1, -0.05) is 6.92 Å². The first-order valence-electron chi connectivity index (χ1n) is 8.50. The van der Waals surface area contributed by atoms with Crippen molar-refractivity contribution in [2.75, 3.05) is 6.54 Å². The first-order chi connectivity index (χ1) is 9.76. The Kier molecular flexibility index (Phi) is 3.71. The molecule has 0 aromatic rings. The molecular formula is C17H30N2O2. The van der Waals surface area contributed by atoms with Crippen LogP contribution >= 0.6 is 0 Å². The Labute approximate surface area is 128 Å². The van der Waals surface area contributed by atoms with E-state index in [1.807, 2.05) is 25.7 Å². The van der Waals surface area contributed by atoms with E-state index in [2.05, 4.69) is 12.2 Å². The molecule has 2 aliphatic heterocycles. The summed E-state index contributed by atoms with van der Waals surface area (Å²) in [6.07, 6.45) is 7.08. The van der Waals surface area contributed by atoms with Gasteiger partial charge in [0.25, 0.3) is 0 Å². The highest BCUT2D eigenvalue weighted by Gasteiger charge is 2.45. The highest BCUT2D eigenvalue weighted by molar-refractivity contribution is 5.69. The average molecular weight is 294 g/mol. The van der Waals surface area contributed by atoms with Crippen LogP contribution in [0.25, 0.3) is 0 Å². The van der Waals surface area contributed by atoms with Gasteiger partial charge in [0.05, 0.1) is 0 Å². The van der Waals surface area contributed by atoms with Crippen molar-refractivity contribution >= 4 is 6.09 Å². The van der Waals surface area contributed by atoms with Gasteiger partial charge in [-0.15, -0.1) is 0 Å². The molecule has 4 nitrogen and oxygen atoms in total. The summed E-state index contributed by atoms with van der Waals surface area (Å²) in [5.74, 6) is 0. The minimum Gasteiger partial charge on any atom is -0.444 e. The predicted octanol–water partition coefficient (Wildman–Crippen LogP) is 3.31. The van der Waals surface area contributed by atoms with Crippen LogP contribution in [-0.2, 0) is 4.74 Å². The van der Waals surface area contributed by atoms with Crippen LogP contribution in [0.3, 0.4) is 0 Å². The summed E-state index contributed by atoms with van der Waals surface area (Å²) in [6.45, 7) is 9.33. The number of carbonyl (C=O) groups is 1. The lowest BCUT2D eigenvalue weighted by atomic mass is 9.97. The monoisotopic (exact) mass is 294 g/mol. The van der Waals surface area contributed by atoms with Crippen LogP contribution in [0.15, 0.2) is 0 Å². The largest absolute Gasteiger partial charge is 0.444 e. The molecule has 2 unspecified atom stereocenters. The highest BCUT2D eigenvalue weighted by atomic mass is 16.6. The summed E-state index contributed by atoms with van der Waals surface area (Å²) in [6, 6.07) is 1.34. The Morgan fingerprint density at radius 1 is 1.24 bits per heavy atom. The summed E-state index contributed by atoms with van der Waals surface area (Å²) in [7, 11) is 0. The third-order valence-corrected chi connectivity index (χ3v) is 5.26. The first kappa shape index (κ1) is 15.1. The molecule has 0 aromatic heterocycles. The van der Waals surface area contributed by atoms with E-state index in [9.17, 15) is 4.79 Å². The molecular weight excluding hydrogens is 264 g/mol. The molecule has 4 heteroatoms. The molecule has 0 radical (unpaired) electrons. The van der Waals surface area contributed by atoms with Gasteiger partial charge in [0.1, 0.15) is 5.60 Å².